The van der Waals surface area contributed by atoms with Crippen molar-refractivity contribution in [3.63, 3.8) is 0 Å². The van der Waals surface area contributed by atoms with Gasteiger partial charge in [-0.05, 0) is 63.1 Å². The molecule has 0 radical (unpaired) electrons. The average molecular weight is 604 g/mol. The molecule has 2 fully saturated rings. The van der Waals surface area contributed by atoms with E-state index in [-0.39, 0.29) is 54.1 Å². The van der Waals surface area contributed by atoms with Gasteiger partial charge in [-0.2, -0.15) is 0 Å². The van der Waals surface area contributed by atoms with Crippen LogP contribution in [0.5, 0.6) is 5.75 Å². The second kappa shape index (κ2) is 9.98. The molecule has 2 amide bonds. The Hall–Kier alpha value is -3.64. The van der Waals surface area contributed by atoms with Crippen molar-refractivity contribution in [2.75, 3.05) is 27.0 Å². The van der Waals surface area contributed by atoms with Crippen LogP contribution in [0.3, 0.4) is 0 Å². The number of hydrogen-bond acceptors (Lipinski definition) is 8. The van der Waals surface area contributed by atoms with Gasteiger partial charge in [0.05, 0.1) is 23.3 Å². The summed E-state index contributed by atoms with van der Waals surface area (Å²) in [5, 5.41) is 10.4. The minimum atomic E-state index is -1.11. The Morgan fingerprint density at radius 1 is 1.24 bits per heavy atom. The maximum absolute atomic E-state index is 14.3. The van der Waals surface area contributed by atoms with Gasteiger partial charge < -0.3 is 29.1 Å². The van der Waals surface area contributed by atoms with Gasteiger partial charge in [0.2, 0.25) is 12.5 Å². The quantitative estimate of drug-likeness (QED) is 0.377. The zero-order valence-electron chi connectivity index (χ0n) is 23.4. The lowest BCUT2D eigenvalue weighted by Crippen LogP contribution is -2.54. The molecule has 13 heteroatoms. The number of rotatable bonds is 7. The molecule has 42 heavy (non-hydrogen) atoms. The molecule has 2 saturated carbocycles. The third kappa shape index (κ3) is 3.94. The monoisotopic (exact) mass is 603 g/mol. The molecule has 1 aromatic carbocycles. The van der Waals surface area contributed by atoms with E-state index in [0.717, 1.165) is 6.42 Å². The SMILES string of the molecule is CC(C)OC(=O)OCOc1c2c(c3n(c1=O)[C@]1(CC[C@@H]4C[C@@]41CO)N(C)C3=O)CCN(Cc1ccc(F)c(Cl)c1)C2=O. The van der Waals surface area contributed by atoms with Gasteiger partial charge in [0, 0.05) is 31.1 Å². The zero-order valence-corrected chi connectivity index (χ0v) is 24.2. The molecule has 3 heterocycles. The first-order chi connectivity index (χ1) is 20.0. The molecule has 1 aromatic heterocycles. The van der Waals surface area contributed by atoms with Gasteiger partial charge in [-0.15, -0.1) is 0 Å². The Bertz CT molecular complexity index is 1570. The first-order valence-corrected chi connectivity index (χ1v) is 14.3. The summed E-state index contributed by atoms with van der Waals surface area (Å²) in [7, 11) is 1.63. The van der Waals surface area contributed by atoms with E-state index in [1.807, 2.05) is 0 Å². The normalized spacial score (nSPS) is 25.5. The smallest absolute Gasteiger partial charge is 0.451 e. The second-order valence-corrected chi connectivity index (χ2v) is 12.1. The molecule has 0 saturated heterocycles. The van der Waals surface area contributed by atoms with Crippen LogP contribution < -0.4 is 10.3 Å². The molecule has 1 N–H and O–H groups in total. The van der Waals surface area contributed by atoms with Gasteiger partial charge in [-0.25, -0.2) is 9.18 Å². The highest BCUT2D eigenvalue weighted by atomic mass is 35.5. The summed E-state index contributed by atoms with van der Waals surface area (Å²) >= 11 is 5.95. The molecule has 11 nitrogen and oxygen atoms in total. The molecule has 0 unspecified atom stereocenters. The maximum atomic E-state index is 14.3. The van der Waals surface area contributed by atoms with Crippen LogP contribution in [-0.4, -0.2) is 70.5 Å². The summed E-state index contributed by atoms with van der Waals surface area (Å²) < 4.78 is 30.9. The lowest BCUT2D eigenvalue weighted by atomic mass is 9.89. The number of carbonyl (C=O) groups is 3. The number of carbonyl (C=O) groups excluding carboxylic acids is 3. The van der Waals surface area contributed by atoms with E-state index in [2.05, 4.69) is 0 Å². The van der Waals surface area contributed by atoms with Crippen LogP contribution in [0, 0.1) is 17.2 Å². The topological polar surface area (TPSA) is 128 Å². The number of aromatic nitrogens is 1. The summed E-state index contributed by atoms with van der Waals surface area (Å²) in [5.74, 6) is -1.75. The van der Waals surface area contributed by atoms with Crippen molar-refractivity contribution >= 4 is 29.6 Å². The minimum absolute atomic E-state index is 0.0699. The van der Waals surface area contributed by atoms with Gasteiger partial charge >= 0.3 is 6.16 Å². The molecule has 3 atom stereocenters. The Morgan fingerprint density at radius 3 is 2.67 bits per heavy atom. The Morgan fingerprint density at radius 2 is 2.00 bits per heavy atom. The summed E-state index contributed by atoms with van der Waals surface area (Å²) in [5.41, 5.74) is -1.55. The van der Waals surface area contributed by atoms with Gasteiger partial charge in [0.1, 0.15) is 17.2 Å². The van der Waals surface area contributed by atoms with Crippen LogP contribution in [0.15, 0.2) is 23.0 Å². The first-order valence-electron chi connectivity index (χ1n) is 13.9. The molecule has 1 spiro atoms. The number of benzene rings is 1. The summed E-state index contributed by atoms with van der Waals surface area (Å²) in [4.78, 5) is 57.1. The molecule has 2 aromatic rings. The zero-order chi connectivity index (χ0) is 30.1. The van der Waals surface area contributed by atoms with Gasteiger partial charge in [-0.1, -0.05) is 17.7 Å². The highest BCUT2D eigenvalue weighted by molar-refractivity contribution is 6.30. The fourth-order valence-electron chi connectivity index (χ4n) is 7.27. The van der Waals surface area contributed by atoms with E-state index >= 15 is 0 Å². The van der Waals surface area contributed by atoms with Crippen LogP contribution >= 0.6 is 11.6 Å². The van der Waals surface area contributed by atoms with Gasteiger partial charge in [-0.3, -0.25) is 19.0 Å². The summed E-state index contributed by atoms with van der Waals surface area (Å²) in [6.45, 7) is 2.65. The minimum Gasteiger partial charge on any atom is -0.451 e. The number of pyridine rings is 1. The summed E-state index contributed by atoms with van der Waals surface area (Å²) in [6.07, 6.45) is 0.628. The van der Waals surface area contributed by atoms with Gasteiger partial charge in [0.15, 0.2) is 0 Å². The fourth-order valence-corrected chi connectivity index (χ4v) is 7.47. The number of aliphatic hydroxyl groups is 1. The van der Waals surface area contributed by atoms with E-state index in [1.165, 1.54) is 32.6 Å². The Balaban J connectivity index is 1.45. The van der Waals surface area contributed by atoms with Crippen molar-refractivity contribution in [3.8, 4) is 5.75 Å². The lowest BCUT2D eigenvalue weighted by molar-refractivity contribution is -0.0202. The molecule has 224 valence electrons. The number of hydrogen-bond donors (Lipinski definition) is 1. The summed E-state index contributed by atoms with van der Waals surface area (Å²) in [6, 6.07) is 4.14. The van der Waals surface area contributed by atoms with Crippen LogP contribution in [-0.2, 0) is 28.1 Å². The number of amides is 2. The molecule has 2 aliphatic carbocycles. The van der Waals surface area contributed by atoms with Crippen molar-refractivity contribution in [1.82, 2.24) is 14.4 Å². The lowest BCUT2D eigenvalue weighted by Gasteiger charge is -2.41. The highest BCUT2D eigenvalue weighted by Gasteiger charge is 2.76. The molecule has 6 rings (SSSR count). The number of fused-ring (bicyclic) bond motifs is 6. The fraction of sp³-hybridized carbons (Fsp3) is 0.517. The van der Waals surface area contributed by atoms with Crippen LogP contribution in [0.2, 0.25) is 5.02 Å². The highest BCUT2D eigenvalue weighted by Crippen LogP contribution is 2.72. The number of ether oxygens (including phenoxy) is 3. The third-order valence-electron chi connectivity index (χ3n) is 9.22. The van der Waals surface area contributed by atoms with Crippen LogP contribution in [0.1, 0.15) is 65.1 Å². The van der Waals surface area contributed by atoms with Crippen LogP contribution in [0.25, 0.3) is 0 Å². The van der Waals surface area contributed by atoms with Crippen molar-refractivity contribution in [2.45, 2.75) is 57.8 Å². The molecule has 2 aliphatic heterocycles. The van der Waals surface area contributed by atoms with E-state index in [9.17, 15) is 28.7 Å². The maximum Gasteiger partial charge on any atom is 0.511 e. The Labute approximate surface area is 245 Å². The van der Waals surface area contributed by atoms with Crippen LogP contribution in [0.4, 0.5) is 9.18 Å². The van der Waals surface area contributed by atoms with E-state index in [1.54, 1.807) is 20.9 Å². The Kier molecular flexibility index (Phi) is 6.76. The molecular weight excluding hydrogens is 573 g/mol. The predicted octanol–water partition coefficient (Wildman–Crippen LogP) is 3.27. The van der Waals surface area contributed by atoms with Crippen molar-refractivity contribution in [1.29, 1.82) is 0 Å². The largest absolute Gasteiger partial charge is 0.511 e. The predicted molar refractivity (Wildman–Crippen MR) is 146 cm³/mol. The first kappa shape index (κ1) is 28.5. The molecule has 0 bridgehead atoms. The number of aliphatic hydroxyl groups excluding tert-OH is 1. The van der Waals surface area contributed by atoms with E-state index in [4.69, 9.17) is 25.8 Å². The average Bonchev–Trinajstić information content (AvgIpc) is 3.52. The standard InChI is InChI=1S/C29H31ClFN3O8/c1-15(2)42-27(39)41-14-40-23-21-18(7-9-33(24(21)36)12-16-4-5-20(31)19(30)10-16)22-25(37)32(3)29(34(22)26(23)38)8-6-17-11-28(17,29)13-35/h4-5,10,15,17,35H,6-9,11-14H2,1-3H3/t17-,28-,29+/m1/s1. The second-order valence-electron chi connectivity index (χ2n) is 11.7. The van der Waals surface area contributed by atoms with Crippen molar-refractivity contribution in [3.05, 3.63) is 61.8 Å². The van der Waals surface area contributed by atoms with E-state index < -0.39 is 53.3 Å². The van der Waals surface area contributed by atoms with E-state index in [0.29, 0.717) is 24.0 Å². The number of halogens is 2. The molecule has 4 aliphatic rings. The number of nitrogens with zero attached hydrogens (tertiary/aromatic N) is 3. The van der Waals surface area contributed by atoms with Gasteiger partial charge in [0.25, 0.3) is 17.4 Å². The van der Waals surface area contributed by atoms with Crippen molar-refractivity contribution in [2.24, 2.45) is 11.3 Å². The molecular formula is C29H31ClFN3O8. The third-order valence-corrected chi connectivity index (χ3v) is 9.51. The van der Waals surface area contributed by atoms with Crippen molar-refractivity contribution < 1.29 is 38.1 Å².